The summed E-state index contributed by atoms with van der Waals surface area (Å²) in [4.78, 5) is 27.6. The minimum atomic E-state index is -0.832. The maximum Gasteiger partial charge on any atom is 0.295 e. The average Bonchev–Trinajstić information content (AvgIpc) is 3.20. The molecule has 0 saturated carbocycles. The number of carbonyl (C=O) groups excluding carboxylic acids is 2. The third-order valence-electron chi connectivity index (χ3n) is 6.58. The van der Waals surface area contributed by atoms with Gasteiger partial charge in [0.1, 0.15) is 18.1 Å². The summed E-state index contributed by atoms with van der Waals surface area (Å²) in [5.41, 5.74) is 3.19. The van der Waals surface area contributed by atoms with Gasteiger partial charge in [-0.15, -0.1) is 0 Å². The quantitative estimate of drug-likeness (QED) is 0.237. The zero-order valence-corrected chi connectivity index (χ0v) is 21.9. The summed E-state index contributed by atoms with van der Waals surface area (Å²) in [5.74, 6) is -0.181. The minimum Gasteiger partial charge on any atom is -0.507 e. The van der Waals surface area contributed by atoms with Crippen molar-refractivity contribution >= 4 is 17.4 Å². The number of aliphatic hydroxyl groups excluding tert-OH is 1. The molecule has 0 radical (unpaired) electrons. The molecule has 38 heavy (non-hydrogen) atoms. The number of benzene rings is 3. The van der Waals surface area contributed by atoms with Gasteiger partial charge in [0.15, 0.2) is 11.5 Å². The van der Waals surface area contributed by atoms with Crippen molar-refractivity contribution in [2.45, 2.75) is 19.6 Å². The third-order valence-corrected chi connectivity index (χ3v) is 6.58. The second-order valence-electron chi connectivity index (χ2n) is 8.84. The normalized spacial score (nSPS) is 16.5. The molecule has 1 atom stereocenters. The third kappa shape index (κ3) is 5.35. The largest absolute Gasteiger partial charge is 0.507 e. The number of aliphatic hydroxyl groups is 1. The molecule has 8 nitrogen and oxygen atoms in total. The monoisotopic (exact) mass is 517 g/mol. The van der Waals surface area contributed by atoms with Crippen molar-refractivity contribution < 1.29 is 33.6 Å². The van der Waals surface area contributed by atoms with E-state index >= 15 is 0 Å². The zero-order chi connectivity index (χ0) is 27.2. The van der Waals surface area contributed by atoms with Gasteiger partial charge < -0.3 is 29.0 Å². The van der Waals surface area contributed by atoms with Gasteiger partial charge in [0, 0.05) is 19.2 Å². The summed E-state index contributed by atoms with van der Waals surface area (Å²) < 4.78 is 21.8. The molecule has 1 aliphatic rings. The summed E-state index contributed by atoms with van der Waals surface area (Å²) >= 11 is 0. The molecule has 1 unspecified atom stereocenters. The van der Waals surface area contributed by atoms with Crippen LogP contribution >= 0.6 is 0 Å². The zero-order valence-electron chi connectivity index (χ0n) is 21.9. The Labute approximate surface area is 222 Å². The predicted octanol–water partition coefficient (Wildman–Crippen LogP) is 4.66. The number of likely N-dealkylation sites (tertiary alicyclic amines) is 1. The Bertz CT molecular complexity index is 1350. The van der Waals surface area contributed by atoms with Crippen LogP contribution in [0.2, 0.25) is 0 Å². The number of aryl methyl sites for hydroxylation is 1. The Morgan fingerprint density at radius 3 is 2.29 bits per heavy atom. The molecule has 1 N–H and O–H groups in total. The van der Waals surface area contributed by atoms with E-state index < -0.39 is 17.7 Å². The number of ketones is 1. The number of amides is 1. The molecule has 3 aromatic carbocycles. The Kier molecular flexibility index (Phi) is 8.33. The number of carbonyl (C=O) groups is 2. The number of Topliss-reactive ketones (excluding diaryl/α,β-unsaturated/α-hetero) is 1. The average molecular weight is 518 g/mol. The van der Waals surface area contributed by atoms with E-state index in [0.717, 1.165) is 11.1 Å². The fraction of sp³-hybridized carbons (Fsp3) is 0.267. The number of hydrogen-bond donors (Lipinski definition) is 1. The van der Waals surface area contributed by atoms with Crippen LogP contribution < -0.4 is 14.2 Å². The molecule has 1 saturated heterocycles. The second-order valence-corrected chi connectivity index (χ2v) is 8.84. The van der Waals surface area contributed by atoms with Gasteiger partial charge in [-0.25, -0.2) is 0 Å². The number of nitrogens with zero attached hydrogens (tertiary/aromatic N) is 1. The van der Waals surface area contributed by atoms with Gasteiger partial charge in [-0.05, 0) is 60.0 Å². The highest BCUT2D eigenvalue weighted by Gasteiger charge is 2.46. The summed E-state index contributed by atoms with van der Waals surface area (Å²) in [6.07, 6.45) is 0. The van der Waals surface area contributed by atoms with E-state index in [1.807, 2.05) is 31.2 Å². The van der Waals surface area contributed by atoms with Crippen molar-refractivity contribution in [3.05, 3.63) is 94.6 Å². The number of methoxy groups -OCH3 is 3. The number of rotatable bonds is 10. The molecule has 1 fully saturated rings. The van der Waals surface area contributed by atoms with Crippen molar-refractivity contribution in [3.8, 4) is 17.2 Å². The molecule has 4 rings (SSSR count). The predicted molar refractivity (Wildman–Crippen MR) is 142 cm³/mol. The highest BCUT2D eigenvalue weighted by Crippen LogP contribution is 2.42. The van der Waals surface area contributed by atoms with Crippen LogP contribution in [-0.4, -0.2) is 56.2 Å². The van der Waals surface area contributed by atoms with Crippen LogP contribution in [0.15, 0.2) is 72.3 Å². The van der Waals surface area contributed by atoms with Crippen LogP contribution in [0.4, 0.5) is 0 Å². The van der Waals surface area contributed by atoms with Gasteiger partial charge in [-0.2, -0.15) is 0 Å². The van der Waals surface area contributed by atoms with Crippen LogP contribution in [0, 0.1) is 6.92 Å². The first-order valence-corrected chi connectivity index (χ1v) is 12.2. The lowest BCUT2D eigenvalue weighted by atomic mass is 9.95. The molecule has 0 aliphatic carbocycles. The molecule has 1 aliphatic heterocycles. The molecule has 198 valence electrons. The Balaban J connectivity index is 1.69. The topological polar surface area (TPSA) is 94.5 Å². The molecular weight excluding hydrogens is 486 g/mol. The molecule has 0 spiro atoms. The van der Waals surface area contributed by atoms with Crippen LogP contribution in [0.3, 0.4) is 0 Å². The van der Waals surface area contributed by atoms with Gasteiger partial charge in [-0.3, -0.25) is 9.59 Å². The van der Waals surface area contributed by atoms with E-state index in [-0.39, 0.29) is 24.5 Å². The highest BCUT2D eigenvalue weighted by molar-refractivity contribution is 6.46. The highest BCUT2D eigenvalue weighted by atomic mass is 16.5. The lowest BCUT2D eigenvalue weighted by Crippen LogP contribution is -2.32. The van der Waals surface area contributed by atoms with Crippen LogP contribution in [0.25, 0.3) is 5.76 Å². The van der Waals surface area contributed by atoms with E-state index in [0.29, 0.717) is 35.0 Å². The van der Waals surface area contributed by atoms with Gasteiger partial charge in [0.05, 0.1) is 32.4 Å². The van der Waals surface area contributed by atoms with Crippen molar-refractivity contribution in [2.24, 2.45) is 0 Å². The molecule has 0 aromatic heterocycles. The standard InChI is InChI=1S/C30H31NO7/c1-19-7-5-6-8-22(19)18-38-23-12-9-20(10-13-23)28(32)26-27(31(15-16-35-2)30(34)29(26)33)21-11-14-24(36-3)25(17-21)37-4/h5-14,17,27,32H,15-16,18H2,1-4H3/b28-26+. The maximum atomic E-state index is 13.2. The van der Waals surface area contributed by atoms with E-state index in [1.165, 1.54) is 26.2 Å². The van der Waals surface area contributed by atoms with Crippen LogP contribution in [-0.2, 0) is 20.9 Å². The van der Waals surface area contributed by atoms with Gasteiger partial charge >= 0.3 is 0 Å². The van der Waals surface area contributed by atoms with Crippen LogP contribution in [0.5, 0.6) is 17.2 Å². The summed E-state index contributed by atoms with van der Waals surface area (Å²) in [6.45, 7) is 2.82. The summed E-state index contributed by atoms with van der Waals surface area (Å²) in [6, 6.07) is 19.1. The molecule has 8 heteroatoms. The van der Waals surface area contributed by atoms with E-state index in [2.05, 4.69) is 0 Å². The number of ether oxygens (including phenoxy) is 4. The molecule has 1 amide bonds. The first-order chi connectivity index (χ1) is 18.4. The second kappa shape index (κ2) is 11.8. The van der Waals surface area contributed by atoms with Crippen molar-refractivity contribution in [1.82, 2.24) is 4.90 Å². The Morgan fingerprint density at radius 2 is 1.63 bits per heavy atom. The van der Waals surface area contributed by atoms with Crippen LogP contribution in [0.1, 0.15) is 28.3 Å². The summed E-state index contributed by atoms with van der Waals surface area (Å²) in [5, 5.41) is 11.3. The Morgan fingerprint density at radius 1 is 0.921 bits per heavy atom. The minimum absolute atomic E-state index is 0.00750. The van der Waals surface area contributed by atoms with E-state index in [1.54, 1.807) is 42.5 Å². The fourth-order valence-corrected chi connectivity index (χ4v) is 4.47. The lowest BCUT2D eigenvalue weighted by molar-refractivity contribution is -0.140. The summed E-state index contributed by atoms with van der Waals surface area (Å²) in [7, 11) is 4.55. The Hall–Kier alpha value is -4.30. The number of hydrogen-bond acceptors (Lipinski definition) is 7. The van der Waals surface area contributed by atoms with E-state index in [4.69, 9.17) is 18.9 Å². The SMILES string of the molecule is COCCN1C(=O)C(=O)/C(=C(/O)c2ccc(OCc3ccccc3C)cc2)C1c1ccc(OC)c(OC)c1. The molecule has 0 bridgehead atoms. The fourth-order valence-electron chi connectivity index (χ4n) is 4.47. The van der Waals surface area contributed by atoms with E-state index in [9.17, 15) is 14.7 Å². The van der Waals surface area contributed by atoms with Gasteiger partial charge in [0.25, 0.3) is 11.7 Å². The molecule has 3 aromatic rings. The first-order valence-electron chi connectivity index (χ1n) is 12.2. The molecule has 1 heterocycles. The smallest absolute Gasteiger partial charge is 0.295 e. The lowest BCUT2D eigenvalue weighted by Gasteiger charge is -2.25. The van der Waals surface area contributed by atoms with Crippen molar-refractivity contribution in [2.75, 3.05) is 34.5 Å². The maximum absolute atomic E-state index is 13.2. The van der Waals surface area contributed by atoms with Crippen molar-refractivity contribution in [3.63, 3.8) is 0 Å². The first kappa shape index (κ1) is 26.8. The van der Waals surface area contributed by atoms with Crippen molar-refractivity contribution in [1.29, 1.82) is 0 Å². The molecular formula is C30H31NO7. The van der Waals surface area contributed by atoms with Gasteiger partial charge in [-0.1, -0.05) is 30.3 Å². The van der Waals surface area contributed by atoms with Gasteiger partial charge in [0.2, 0.25) is 0 Å².